The highest BCUT2D eigenvalue weighted by atomic mass is 33.1. The van der Waals surface area contributed by atoms with Crippen LogP contribution in [-0.4, -0.2) is 223 Å². The van der Waals surface area contributed by atoms with Crippen molar-refractivity contribution >= 4 is 55.0 Å². The van der Waals surface area contributed by atoms with Crippen LogP contribution in [0.3, 0.4) is 0 Å². The molecule has 0 aromatic heterocycles. The Hall–Kier alpha value is -2.78. The lowest BCUT2D eigenvalue weighted by atomic mass is 9.55. The van der Waals surface area contributed by atoms with Crippen LogP contribution in [0.2, 0.25) is 0 Å². The van der Waals surface area contributed by atoms with Crippen molar-refractivity contribution < 1.29 is 93.4 Å². The van der Waals surface area contributed by atoms with Crippen LogP contribution in [0.15, 0.2) is 36.4 Å². The van der Waals surface area contributed by atoms with Gasteiger partial charge in [0.1, 0.15) is 11.5 Å². The maximum atomic E-state index is 13.4. The molecule has 0 spiro atoms. The first-order valence-corrected chi connectivity index (χ1v) is 41.8. The molecule has 14 atom stereocenters. The molecule has 3 N–H and O–H groups in total. The number of nitrogens with one attached hydrogen (secondary N) is 3. The van der Waals surface area contributed by atoms with Crippen LogP contribution in [0.1, 0.15) is 161 Å². The summed E-state index contributed by atoms with van der Waals surface area (Å²) >= 11 is 0. The number of nitrogens with zero attached hydrogens (tertiary/aromatic N) is 3. The van der Waals surface area contributed by atoms with Gasteiger partial charge >= 0.3 is 24.7 Å². The van der Waals surface area contributed by atoms with Gasteiger partial charge in [-0.15, -0.1) is 0 Å². The number of aryl methyl sites for hydroxylation is 2. The Morgan fingerprint density at radius 3 is 1.55 bits per heavy atom. The molecule has 2 aromatic carbocycles. The second-order valence-corrected chi connectivity index (χ2v) is 36.2. The first kappa shape index (κ1) is 82.2. The van der Waals surface area contributed by atoms with Gasteiger partial charge in [0.05, 0.1) is 47.9 Å². The standard InChI is InChI=1S/2C37H55F6N3O4S2/c1-34-14-13-29-28-10-8-26(49-16-6-18-51-52-23-25-20-27(48-5)21-44-25)19-24(28)7-9-30(29)31(34)11-12-32(34)46(4)33(47)22-45(3)15-17-50-35(2,36(38,39)40)37(41,42)43;1-34-14-13-29-28-10-8-26(49-16-6-18-51-52-23-25-20-27(48-4)21-44-25)19-24(28)7-9-30(29)31(34)11-12-32(34)45-33(47)22-46(3)15-5-17-50-35(2,36(38,39)40)37(41,42)43/h8,10,19,25,27,29-32,44H,6-7,9,11-18,20-23H2,1-5H3;8,10,19,25,27,29-32,44H,5-7,9,11-18,20-23H2,1-4H3,(H,45,47)/t25-,27+,29?,30?,31?,32+,34+;25?,27-,29?,30?,31?,32-,34-/m10/s1/i5D;4D. The second kappa shape index (κ2) is 36.6. The van der Waals surface area contributed by atoms with Crippen molar-refractivity contribution in [2.45, 2.75) is 221 Å². The quantitative estimate of drug-likeness (QED) is 0.0355. The second-order valence-electron chi connectivity index (χ2n) is 30.9. The Morgan fingerprint density at radius 1 is 0.577 bits per heavy atom. The third-order valence-corrected chi connectivity index (χ3v) is 29.4. The molecule has 2 amide bonds. The topological polar surface area (TPSA) is 135 Å². The molecule has 14 nitrogen and oxygen atoms in total. The van der Waals surface area contributed by atoms with E-state index in [-0.39, 0.29) is 108 Å². The van der Waals surface area contributed by atoms with Crippen molar-refractivity contribution in [1.29, 1.82) is 0 Å². The summed E-state index contributed by atoms with van der Waals surface area (Å²) in [4.78, 5) is 31.2. The van der Waals surface area contributed by atoms with Crippen molar-refractivity contribution in [3.63, 3.8) is 0 Å². The molecule has 10 rings (SSSR count). The van der Waals surface area contributed by atoms with Crippen LogP contribution < -0.4 is 25.4 Å². The number of halogens is 12. The summed E-state index contributed by atoms with van der Waals surface area (Å²) in [6, 6.07) is 14.1. The van der Waals surface area contributed by atoms with Crippen LogP contribution in [0.5, 0.6) is 11.5 Å². The lowest BCUT2D eigenvalue weighted by Crippen LogP contribution is -2.57. The molecular weight excluding hydrogens is 1460 g/mol. The lowest BCUT2D eigenvalue weighted by molar-refractivity contribution is -0.374. The number of carbonyl (C=O) groups is 2. The van der Waals surface area contributed by atoms with Gasteiger partial charge in [-0.05, 0) is 230 Å². The monoisotopic (exact) mass is 1570 g/mol. The minimum absolute atomic E-state index is 0.00103. The van der Waals surface area contributed by atoms with Crippen LogP contribution in [0.25, 0.3) is 0 Å². The van der Waals surface area contributed by atoms with Crippen LogP contribution in [0, 0.1) is 34.5 Å². The van der Waals surface area contributed by atoms with Gasteiger partial charge in [-0.25, -0.2) is 0 Å². The predicted molar refractivity (Wildman–Crippen MR) is 388 cm³/mol. The predicted octanol–water partition coefficient (Wildman–Crippen LogP) is 15.5. The van der Waals surface area contributed by atoms with Crippen molar-refractivity contribution in [3.05, 3.63) is 58.7 Å². The fourth-order valence-electron chi connectivity index (χ4n) is 18.0. The van der Waals surface area contributed by atoms with Gasteiger partial charge < -0.3 is 49.3 Å². The highest BCUT2D eigenvalue weighted by molar-refractivity contribution is 8.77. The summed E-state index contributed by atoms with van der Waals surface area (Å²) in [6.07, 6.45) is -6.27. The van der Waals surface area contributed by atoms with E-state index < -0.39 is 49.1 Å². The smallest absolute Gasteiger partial charge is 0.426 e. The van der Waals surface area contributed by atoms with Gasteiger partial charge in [0.15, 0.2) is 0 Å². The Bertz CT molecular complexity index is 3110. The number of amides is 2. The van der Waals surface area contributed by atoms with Crippen molar-refractivity contribution in [2.24, 2.45) is 34.5 Å². The molecule has 8 aliphatic rings. The van der Waals surface area contributed by atoms with Crippen molar-refractivity contribution in [3.8, 4) is 11.5 Å². The molecular formula is C74H110F12N6O8S4. The number of likely N-dealkylation sites (N-methyl/N-ethyl adjacent to an activating group) is 3. The Kier molecular flexibility index (Phi) is 28.9. The summed E-state index contributed by atoms with van der Waals surface area (Å²) in [5.41, 5.74) is -3.02. The molecule has 0 radical (unpaired) electrons. The van der Waals surface area contributed by atoms with Crippen LogP contribution >= 0.6 is 43.2 Å². The van der Waals surface area contributed by atoms with E-state index in [1.54, 1.807) is 23.9 Å². The largest absolute Gasteiger partial charge is 0.494 e. The van der Waals surface area contributed by atoms with E-state index in [0.29, 0.717) is 60.8 Å². The van der Waals surface area contributed by atoms with E-state index in [1.165, 1.54) is 34.2 Å². The Morgan fingerprint density at radius 2 is 1.05 bits per heavy atom. The number of carbonyl (C=O) groups excluding carboxylic acids is 2. The lowest BCUT2D eigenvalue weighted by Gasteiger charge is -2.52. The molecule has 2 heterocycles. The maximum absolute atomic E-state index is 13.4. The van der Waals surface area contributed by atoms with Gasteiger partial charge in [0, 0.05) is 101 Å². The molecule has 6 fully saturated rings. The highest BCUT2D eigenvalue weighted by Crippen LogP contribution is 2.63. The third-order valence-electron chi connectivity index (χ3n) is 24.3. The highest BCUT2D eigenvalue weighted by Gasteiger charge is 2.70. The Balaban J connectivity index is 0.000000245. The average molecular weight is 1570 g/mol. The van der Waals surface area contributed by atoms with Crippen LogP contribution in [-0.2, 0) is 41.4 Å². The molecule has 4 saturated carbocycles. The van der Waals surface area contributed by atoms with Crippen molar-refractivity contribution in [2.75, 3.05) is 124 Å². The van der Waals surface area contributed by atoms with Gasteiger partial charge in [-0.3, -0.25) is 19.4 Å². The number of benzene rings is 2. The number of rotatable bonds is 33. The van der Waals surface area contributed by atoms with Gasteiger partial charge in [-0.1, -0.05) is 69.2 Å². The number of hydrogen-bond donors (Lipinski definition) is 3. The first-order chi connectivity index (χ1) is 50.0. The number of methoxy groups -OCH3 is 2. The fourth-order valence-corrected chi connectivity index (χ4v) is 22.7. The summed E-state index contributed by atoms with van der Waals surface area (Å²) in [7, 11) is 12.4. The molecule has 0 bridgehead atoms. The average Bonchev–Trinajstić information content (AvgIpc) is 1.52. The van der Waals surface area contributed by atoms with E-state index in [4.69, 9.17) is 21.7 Å². The zero-order valence-electron chi connectivity index (χ0n) is 63.0. The SMILES string of the molecule is [2H]CO[C@@H]1CNC(CSSCCCOc2ccc3c(c2)CCC2C3CC[C@@]3(C)C2CC[C@@H]3NC(=O)CN(C)CCCOC(C)(C(F)(F)F)C(F)(F)F)C1.[2H]CO[C@@H]1CN[C@@H](CSSCCCOc2ccc3c(c2)CCC2C3CC[C@@]3(C)C2CC[C@@H]3N(C)C(=O)CN(C)CCOC(C)(C(F)(F)F)C(F)(F)F)C1. The number of fused-ring (bicyclic) bond motifs is 10. The molecule has 7 unspecified atom stereocenters. The molecule has 2 saturated heterocycles. The summed E-state index contributed by atoms with van der Waals surface area (Å²) < 4.78 is 204. The van der Waals surface area contributed by atoms with Gasteiger partial charge in [0.2, 0.25) is 11.8 Å². The van der Waals surface area contributed by atoms with Gasteiger partial charge in [-0.2, -0.15) is 52.7 Å². The van der Waals surface area contributed by atoms with E-state index in [0.717, 1.165) is 150 Å². The Labute approximate surface area is 625 Å². The molecule has 2 aliphatic heterocycles. The molecule has 2 aromatic rings. The maximum Gasteiger partial charge on any atom is 0.426 e. The van der Waals surface area contributed by atoms with Gasteiger partial charge in [0.25, 0.3) is 11.2 Å². The van der Waals surface area contributed by atoms with Crippen molar-refractivity contribution in [1.82, 2.24) is 30.7 Å². The number of hydrogen-bond acceptors (Lipinski definition) is 16. The normalized spacial score (nSPS) is 29.4. The zero-order chi connectivity index (χ0) is 77.0. The van der Waals surface area contributed by atoms with E-state index >= 15 is 0 Å². The third kappa shape index (κ3) is 20.5. The summed E-state index contributed by atoms with van der Waals surface area (Å²) in [5, 5.41) is 10.2. The molecule has 104 heavy (non-hydrogen) atoms. The van der Waals surface area contributed by atoms with Crippen LogP contribution in [0.4, 0.5) is 52.7 Å². The summed E-state index contributed by atoms with van der Waals surface area (Å²) in [5.74, 6) is 8.50. The first-order valence-electron chi connectivity index (χ1n) is 38.2. The molecule has 6 aliphatic carbocycles. The zero-order valence-corrected chi connectivity index (χ0v) is 64.3. The molecule has 30 heteroatoms. The number of alkyl halides is 12. The van der Waals surface area contributed by atoms with E-state index in [1.807, 2.05) is 43.2 Å². The summed E-state index contributed by atoms with van der Waals surface area (Å²) in [6.45, 7) is 5.75. The van der Waals surface area contributed by atoms with E-state index in [9.17, 15) is 62.3 Å². The number of ether oxygens (including phenoxy) is 6. The fraction of sp³-hybridized carbons (Fsp3) is 0.811. The molecule has 592 valence electrons. The van der Waals surface area contributed by atoms with E-state index in [2.05, 4.69) is 75.7 Å². The minimum atomic E-state index is -5.62. The minimum Gasteiger partial charge on any atom is -0.494 e.